The van der Waals surface area contributed by atoms with Crippen LogP contribution in [0.4, 0.5) is 13.2 Å². The second-order valence-electron chi connectivity index (χ2n) is 7.05. The van der Waals surface area contributed by atoms with E-state index in [-0.39, 0.29) is 17.6 Å². The minimum absolute atomic E-state index is 0.0662. The van der Waals surface area contributed by atoms with Crippen molar-refractivity contribution < 1.29 is 18.0 Å². The Balaban J connectivity index is 1.93. The van der Waals surface area contributed by atoms with E-state index in [0.29, 0.717) is 36.8 Å². The molecule has 1 amide bonds. The van der Waals surface area contributed by atoms with Crippen LogP contribution >= 0.6 is 0 Å². The first-order chi connectivity index (χ1) is 12.7. The minimum atomic E-state index is -4.45. The van der Waals surface area contributed by atoms with Gasteiger partial charge in [-0.05, 0) is 36.9 Å². The van der Waals surface area contributed by atoms with Crippen LogP contribution in [0.1, 0.15) is 47.8 Å². The molecule has 0 bridgehead atoms. The monoisotopic (exact) mass is 381 g/mol. The number of alkyl halides is 3. The van der Waals surface area contributed by atoms with Gasteiger partial charge in [-0.2, -0.15) is 18.3 Å². The Morgan fingerprint density at radius 2 is 2.07 bits per heavy atom. The molecule has 0 aromatic carbocycles. The van der Waals surface area contributed by atoms with Crippen LogP contribution in [-0.2, 0) is 6.18 Å². The van der Waals surface area contributed by atoms with Crippen molar-refractivity contribution in [2.45, 2.75) is 32.4 Å². The lowest BCUT2D eigenvalue weighted by molar-refractivity contribution is -0.137. The fourth-order valence-corrected chi connectivity index (χ4v) is 3.32. The fourth-order valence-electron chi connectivity index (χ4n) is 3.32. The predicted octanol–water partition coefficient (Wildman–Crippen LogP) is 2.83. The number of nitrogens with zero attached hydrogens (tertiary/aromatic N) is 4. The molecule has 0 radical (unpaired) electrons. The van der Waals surface area contributed by atoms with Crippen molar-refractivity contribution >= 4 is 5.91 Å². The van der Waals surface area contributed by atoms with Gasteiger partial charge in [0.2, 0.25) is 0 Å². The molecule has 1 unspecified atom stereocenters. The fraction of sp³-hybridized carbons (Fsp3) is 0.500. The van der Waals surface area contributed by atoms with Crippen LogP contribution in [0.5, 0.6) is 0 Å². The van der Waals surface area contributed by atoms with Gasteiger partial charge >= 0.3 is 6.18 Å². The van der Waals surface area contributed by atoms with Crippen molar-refractivity contribution in [1.82, 2.24) is 19.7 Å². The van der Waals surface area contributed by atoms with Gasteiger partial charge < -0.3 is 10.6 Å². The largest absolute Gasteiger partial charge is 0.417 e. The third kappa shape index (κ3) is 3.83. The Kier molecular flexibility index (Phi) is 5.23. The maximum atomic E-state index is 12.9. The molecule has 2 aromatic rings. The lowest BCUT2D eigenvalue weighted by Crippen LogP contribution is -2.30. The van der Waals surface area contributed by atoms with Crippen LogP contribution in [0.15, 0.2) is 24.5 Å². The number of halogens is 3. The molecular weight excluding hydrogens is 359 g/mol. The van der Waals surface area contributed by atoms with Crippen molar-refractivity contribution in [2.24, 2.45) is 11.7 Å². The zero-order valence-electron chi connectivity index (χ0n) is 15.2. The standard InChI is InChI=1S/C18H22F3N5O/c1-11(2)16-14(17(27)25-6-5-12(7-22)10-25)9-24-26(16)15-4-3-13(8-23-15)18(19,20)21/h3-4,8-9,11-12H,5-7,10,22H2,1-2H3. The van der Waals surface area contributed by atoms with Crippen molar-refractivity contribution in [3.8, 4) is 5.82 Å². The number of rotatable bonds is 4. The summed E-state index contributed by atoms with van der Waals surface area (Å²) < 4.78 is 39.7. The first kappa shape index (κ1) is 19.3. The number of carbonyl (C=O) groups excluding carboxylic acids is 1. The van der Waals surface area contributed by atoms with Gasteiger partial charge in [0.15, 0.2) is 5.82 Å². The number of aromatic nitrogens is 3. The second-order valence-corrected chi connectivity index (χ2v) is 7.05. The quantitative estimate of drug-likeness (QED) is 0.884. The van der Waals surface area contributed by atoms with Crippen LogP contribution in [0.2, 0.25) is 0 Å². The third-order valence-corrected chi connectivity index (χ3v) is 4.78. The molecule has 3 rings (SSSR count). The van der Waals surface area contributed by atoms with Crippen LogP contribution in [-0.4, -0.2) is 45.2 Å². The number of amides is 1. The van der Waals surface area contributed by atoms with E-state index in [4.69, 9.17) is 5.73 Å². The molecule has 1 saturated heterocycles. The summed E-state index contributed by atoms with van der Waals surface area (Å²) in [5, 5.41) is 4.23. The van der Waals surface area contributed by atoms with Crippen molar-refractivity contribution in [1.29, 1.82) is 0 Å². The molecule has 1 aliphatic heterocycles. The van der Waals surface area contributed by atoms with E-state index >= 15 is 0 Å². The number of likely N-dealkylation sites (tertiary alicyclic amines) is 1. The number of nitrogens with two attached hydrogens (primary N) is 1. The van der Waals surface area contributed by atoms with E-state index in [0.717, 1.165) is 18.7 Å². The summed E-state index contributed by atoms with van der Waals surface area (Å²) in [7, 11) is 0. The van der Waals surface area contributed by atoms with Gasteiger partial charge in [0, 0.05) is 19.3 Å². The van der Waals surface area contributed by atoms with E-state index in [1.165, 1.54) is 16.9 Å². The minimum Gasteiger partial charge on any atom is -0.338 e. The highest BCUT2D eigenvalue weighted by Crippen LogP contribution is 2.30. The van der Waals surface area contributed by atoms with Gasteiger partial charge in [0.1, 0.15) is 0 Å². The molecule has 1 atom stereocenters. The molecule has 146 valence electrons. The van der Waals surface area contributed by atoms with Gasteiger partial charge in [-0.15, -0.1) is 0 Å². The van der Waals surface area contributed by atoms with Crippen molar-refractivity contribution in [2.75, 3.05) is 19.6 Å². The summed E-state index contributed by atoms with van der Waals surface area (Å²) in [6.45, 7) is 5.59. The van der Waals surface area contributed by atoms with Gasteiger partial charge in [0.25, 0.3) is 5.91 Å². The van der Waals surface area contributed by atoms with Gasteiger partial charge in [0.05, 0.1) is 23.0 Å². The number of carbonyl (C=O) groups is 1. The molecule has 3 heterocycles. The molecule has 27 heavy (non-hydrogen) atoms. The van der Waals surface area contributed by atoms with Gasteiger partial charge in [-0.3, -0.25) is 4.79 Å². The molecule has 2 N–H and O–H groups in total. The molecule has 6 nitrogen and oxygen atoms in total. The van der Waals surface area contributed by atoms with Crippen molar-refractivity contribution in [3.05, 3.63) is 41.3 Å². The highest BCUT2D eigenvalue weighted by atomic mass is 19.4. The average Bonchev–Trinajstić information content (AvgIpc) is 3.27. The maximum absolute atomic E-state index is 12.9. The Hall–Kier alpha value is -2.42. The SMILES string of the molecule is CC(C)c1c(C(=O)N2CCC(CN)C2)cnn1-c1ccc(C(F)(F)F)cn1. The topological polar surface area (TPSA) is 77.0 Å². The summed E-state index contributed by atoms with van der Waals surface area (Å²) in [6.07, 6.45) is -1.34. The zero-order chi connectivity index (χ0) is 19.8. The molecule has 0 spiro atoms. The van der Waals surface area contributed by atoms with Crippen LogP contribution in [0.25, 0.3) is 5.82 Å². The summed E-state index contributed by atoms with van der Waals surface area (Å²) in [4.78, 5) is 18.6. The smallest absolute Gasteiger partial charge is 0.338 e. The Morgan fingerprint density at radius 1 is 1.33 bits per heavy atom. The highest BCUT2D eigenvalue weighted by molar-refractivity contribution is 5.95. The zero-order valence-corrected chi connectivity index (χ0v) is 15.2. The Bertz CT molecular complexity index is 813. The maximum Gasteiger partial charge on any atom is 0.417 e. The van der Waals surface area contributed by atoms with E-state index < -0.39 is 11.7 Å². The summed E-state index contributed by atoms with van der Waals surface area (Å²) in [5.74, 6) is 0.339. The van der Waals surface area contributed by atoms with E-state index in [2.05, 4.69) is 10.1 Å². The summed E-state index contributed by atoms with van der Waals surface area (Å²) in [5.41, 5.74) is 5.94. The summed E-state index contributed by atoms with van der Waals surface area (Å²) in [6, 6.07) is 2.22. The van der Waals surface area contributed by atoms with Crippen LogP contribution < -0.4 is 5.73 Å². The molecule has 1 fully saturated rings. The molecule has 0 aliphatic carbocycles. The summed E-state index contributed by atoms with van der Waals surface area (Å²) >= 11 is 0. The van der Waals surface area contributed by atoms with E-state index in [1.54, 1.807) is 4.90 Å². The average molecular weight is 381 g/mol. The number of pyridine rings is 1. The Labute approximate surface area is 155 Å². The van der Waals surface area contributed by atoms with Gasteiger partial charge in [-0.1, -0.05) is 13.8 Å². The molecule has 0 saturated carbocycles. The molecule has 1 aliphatic rings. The molecule has 2 aromatic heterocycles. The van der Waals surface area contributed by atoms with Crippen molar-refractivity contribution in [3.63, 3.8) is 0 Å². The van der Waals surface area contributed by atoms with E-state index in [1.807, 2.05) is 13.8 Å². The predicted molar refractivity (Wildman–Crippen MR) is 93.5 cm³/mol. The van der Waals surface area contributed by atoms with Crippen LogP contribution in [0.3, 0.4) is 0 Å². The molecule has 9 heteroatoms. The van der Waals surface area contributed by atoms with Gasteiger partial charge in [-0.25, -0.2) is 9.67 Å². The normalized spacial score (nSPS) is 17.7. The van der Waals surface area contributed by atoms with Crippen LogP contribution in [0, 0.1) is 5.92 Å². The first-order valence-electron chi connectivity index (χ1n) is 8.83. The van der Waals surface area contributed by atoms with E-state index in [9.17, 15) is 18.0 Å². The molecular formula is C18H22F3N5O. The lowest BCUT2D eigenvalue weighted by Gasteiger charge is -2.18. The Morgan fingerprint density at radius 3 is 2.59 bits per heavy atom. The lowest BCUT2D eigenvalue weighted by atomic mass is 10.0. The first-order valence-corrected chi connectivity index (χ1v) is 8.83. The number of hydrogen-bond donors (Lipinski definition) is 1. The number of hydrogen-bond acceptors (Lipinski definition) is 4. The highest BCUT2D eigenvalue weighted by Gasteiger charge is 2.32. The second kappa shape index (κ2) is 7.30. The third-order valence-electron chi connectivity index (χ3n) is 4.78.